The second-order valence-corrected chi connectivity index (χ2v) is 11.1. The number of carboxylic acid groups (broad SMARTS) is 1. The molecule has 7 nitrogen and oxygen atoms in total. The second kappa shape index (κ2) is 12.2. The van der Waals surface area contributed by atoms with Crippen LogP contribution in [0.4, 0.5) is 4.39 Å². The highest BCUT2D eigenvalue weighted by Gasteiger charge is 2.29. The number of nitrogens with one attached hydrogen (secondary N) is 4. The van der Waals surface area contributed by atoms with Crippen molar-refractivity contribution >= 4 is 45.3 Å². The molecule has 0 spiro atoms. The van der Waals surface area contributed by atoms with Gasteiger partial charge >= 0.3 is 5.97 Å². The van der Waals surface area contributed by atoms with Gasteiger partial charge in [0.2, 0.25) is 5.91 Å². The lowest BCUT2D eigenvalue weighted by Gasteiger charge is -2.15. The average molecular weight is 587 g/mol. The monoisotopic (exact) mass is 586 g/mol. The number of carbonyl (C=O) groups excluding carboxylic acids is 1. The van der Waals surface area contributed by atoms with Crippen molar-refractivity contribution in [1.82, 2.24) is 20.3 Å². The predicted octanol–water partition coefficient (Wildman–Crippen LogP) is 7.78. The number of unbranched alkanes of at least 4 members (excludes halogenated alkanes) is 2. The van der Waals surface area contributed by atoms with Gasteiger partial charge in [-0.05, 0) is 66.6 Å². The van der Waals surface area contributed by atoms with Gasteiger partial charge in [-0.15, -0.1) is 12.3 Å². The molecule has 0 saturated heterocycles. The Hall–Kier alpha value is -4.48. The molecule has 0 fully saturated rings. The van der Waals surface area contributed by atoms with Gasteiger partial charge in [0.15, 0.2) is 0 Å². The smallest absolute Gasteiger partial charge is 0.352 e. The summed E-state index contributed by atoms with van der Waals surface area (Å²) in [7, 11) is 0. The highest BCUT2D eigenvalue weighted by molar-refractivity contribution is 6.35. The van der Waals surface area contributed by atoms with E-state index >= 15 is 4.39 Å². The number of rotatable bonds is 11. The molecule has 0 aliphatic rings. The SMILES string of the molecule is C#CCCCCC(=O)NCCc1c[nH]c2cc(F)cc(-c3[nH]c(C(=O)O)c(-c4c(Cl)ccc5[nH]ccc45)c3C(C)C)c12. The summed E-state index contributed by atoms with van der Waals surface area (Å²) in [5.41, 5.74) is 5.12. The minimum atomic E-state index is -1.14. The van der Waals surface area contributed by atoms with E-state index in [0.717, 1.165) is 40.3 Å². The number of H-pyrrole nitrogens is 3. The third-order valence-corrected chi connectivity index (χ3v) is 7.87. The van der Waals surface area contributed by atoms with Gasteiger partial charge in [-0.1, -0.05) is 25.4 Å². The highest BCUT2D eigenvalue weighted by Crippen LogP contribution is 2.46. The number of carbonyl (C=O) groups is 2. The first-order valence-corrected chi connectivity index (χ1v) is 14.3. The zero-order chi connectivity index (χ0) is 30.0. The van der Waals surface area contributed by atoms with E-state index in [1.165, 1.54) is 12.1 Å². The van der Waals surface area contributed by atoms with Crippen LogP contribution >= 0.6 is 11.6 Å². The van der Waals surface area contributed by atoms with Crippen LogP contribution in [0.1, 0.15) is 67.1 Å². The van der Waals surface area contributed by atoms with Gasteiger partial charge in [-0.25, -0.2) is 9.18 Å². The Morgan fingerprint density at radius 1 is 1.12 bits per heavy atom. The van der Waals surface area contributed by atoms with Crippen molar-refractivity contribution in [3.05, 3.63) is 70.4 Å². The Labute approximate surface area is 247 Å². The maximum atomic E-state index is 15.0. The Bertz CT molecular complexity index is 1840. The van der Waals surface area contributed by atoms with Crippen LogP contribution in [0.5, 0.6) is 0 Å². The summed E-state index contributed by atoms with van der Waals surface area (Å²) in [6.45, 7) is 4.34. The van der Waals surface area contributed by atoms with E-state index in [0.29, 0.717) is 58.7 Å². The summed E-state index contributed by atoms with van der Waals surface area (Å²) < 4.78 is 15.0. The van der Waals surface area contributed by atoms with Crippen LogP contribution in [-0.4, -0.2) is 38.5 Å². The van der Waals surface area contributed by atoms with Crippen molar-refractivity contribution in [2.75, 3.05) is 6.54 Å². The molecule has 216 valence electrons. The number of terminal acetylenes is 1. The number of hydrogen-bond donors (Lipinski definition) is 5. The number of aromatic amines is 3. The van der Waals surface area contributed by atoms with E-state index in [4.69, 9.17) is 18.0 Å². The number of carboxylic acids is 1. The summed E-state index contributed by atoms with van der Waals surface area (Å²) in [6.07, 6.45) is 12.0. The topological polar surface area (TPSA) is 114 Å². The molecular weight excluding hydrogens is 555 g/mol. The van der Waals surface area contributed by atoms with Crippen molar-refractivity contribution in [2.24, 2.45) is 0 Å². The van der Waals surface area contributed by atoms with E-state index in [1.54, 1.807) is 18.5 Å². The summed E-state index contributed by atoms with van der Waals surface area (Å²) in [4.78, 5) is 34.4. The Morgan fingerprint density at radius 2 is 1.93 bits per heavy atom. The van der Waals surface area contributed by atoms with Gasteiger partial charge < -0.3 is 25.4 Å². The maximum absolute atomic E-state index is 15.0. The van der Waals surface area contributed by atoms with Gasteiger partial charge in [0.25, 0.3) is 0 Å². The first kappa shape index (κ1) is 29.0. The van der Waals surface area contributed by atoms with Crippen LogP contribution in [0.15, 0.2) is 42.7 Å². The molecule has 0 aliphatic carbocycles. The van der Waals surface area contributed by atoms with Crippen molar-refractivity contribution in [2.45, 2.75) is 51.9 Å². The second-order valence-electron chi connectivity index (χ2n) is 10.7. The molecule has 0 bridgehead atoms. The number of hydrogen-bond acceptors (Lipinski definition) is 2. The first-order chi connectivity index (χ1) is 20.2. The molecule has 5 N–H and O–H groups in total. The van der Waals surface area contributed by atoms with Gasteiger partial charge in [-0.2, -0.15) is 0 Å². The predicted molar refractivity (Wildman–Crippen MR) is 165 cm³/mol. The molecule has 2 aromatic carbocycles. The standard InChI is InChI=1S/C33H32ClFN4O3/c1-4-5-6-7-8-26(40)37-13-11-19-17-38-25-16-20(35)15-22(28(19)25)31-27(18(2)3)30(32(39-31)33(41)42)29-21-12-14-36-24(21)10-9-23(29)34/h1,9-10,12,14-18,36,38-39H,5-8,11,13H2,2-3H3,(H,37,40)(H,41,42). The molecule has 9 heteroatoms. The molecule has 0 aliphatic heterocycles. The lowest BCUT2D eigenvalue weighted by Crippen LogP contribution is -2.25. The lowest BCUT2D eigenvalue weighted by atomic mass is 9.88. The van der Waals surface area contributed by atoms with Crippen LogP contribution in [0.25, 0.3) is 44.2 Å². The normalized spacial score (nSPS) is 11.4. The molecule has 0 radical (unpaired) electrons. The summed E-state index contributed by atoms with van der Waals surface area (Å²) >= 11 is 6.73. The molecule has 3 aromatic heterocycles. The van der Waals surface area contributed by atoms with Crippen LogP contribution in [0.2, 0.25) is 5.02 Å². The molecule has 0 atom stereocenters. The van der Waals surface area contributed by atoms with Crippen LogP contribution < -0.4 is 5.32 Å². The average Bonchev–Trinajstić information content (AvgIpc) is 3.68. The number of aromatic nitrogens is 3. The molecular formula is C33H32ClFN4O3. The highest BCUT2D eigenvalue weighted by atomic mass is 35.5. The Morgan fingerprint density at radius 3 is 2.67 bits per heavy atom. The van der Waals surface area contributed by atoms with Crippen molar-refractivity contribution < 1.29 is 19.1 Å². The third-order valence-electron chi connectivity index (χ3n) is 7.55. The largest absolute Gasteiger partial charge is 0.477 e. The summed E-state index contributed by atoms with van der Waals surface area (Å²) in [6, 6.07) is 8.30. The van der Waals surface area contributed by atoms with Crippen molar-refractivity contribution in [3.8, 4) is 34.7 Å². The molecule has 1 amide bonds. The zero-order valence-electron chi connectivity index (χ0n) is 23.5. The molecule has 0 unspecified atom stereocenters. The van der Waals surface area contributed by atoms with Crippen LogP contribution in [0, 0.1) is 18.2 Å². The van der Waals surface area contributed by atoms with Gasteiger partial charge in [0.1, 0.15) is 11.5 Å². The van der Waals surface area contributed by atoms with Gasteiger partial charge in [-0.3, -0.25) is 4.79 Å². The zero-order valence-corrected chi connectivity index (χ0v) is 24.2. The molecule has 0 saturated carbocycles. The van der Waals surface area contributed by atoms with Crippen LogP contribution in [0.3, 0.4) is 0 Å². The number of benzene rings is 2. The van der Waals surface area contributed by atoms with Crippen molar-refractivity contribution in [1.29, 1.82) is 0 Å². The lowest BCUT2D eigenvalue weighted by molar-refractivity contribution is -0.121. The Balaban J connectivity index is 1.61. The number of halogens is 2. The van der Waals surface area contributed by atoms with Crippen LogP contribution in [-0.2, 0) is 11.2 Å². The summed E-state index contributed by atoms with van der Waals surface area (Å²) in [5, 5.41) is 15.3. The quantitative estimate of drug-likeness (QED) is 0.0804. The molecule has 42 heavy (non-hydrogen) atoms. The first-order valence-electron chi connectivity index (χ1n) is 14.0. The number of aromatic carboxylic acids is 1. The van der Waals surface area contributed by atoms with E-state index < -0.39 is 11.8 Å². The van der Waals surface area contributed by atoms with E-state index in [9.17, 15) is 14.7 Å². The third kappa shape index (κ3) is 5.53. The van der Waals surface area contributed by atoms with Crippen molar-refractivity contribution in [3.63, 3.8) is 0 Å². The minimum Gasteiger partial charge on any atom is -0.477 e. The fourth-order valence-electron chi connectivity index (χ4n) is 5.72. The van der Waals surface area contributed by atoms with E-state index in [1.807, 2.05) is 26.0 Å². The fraction of sp³-hybridized carbons (Fsp3) is 0.273. The fourth-order valence-corrected chi connectivity index (χ4v) is 5.98. The van der Waals surface area contributed by atoms with E-state index in [-0.39, 0.29) is 17.5 Å². The minimum absolute atomic E-state index is 0.0177. The van der Waals surface area contributed by atoms with Gasteiger partial charge in [0, 0.05) is 75.3 Å². The number of amides is 1. The number of fused-ring (bicyclic) bond motifs is 2. The maximum Gasteiger partial charge on any atom is 0.352 e. The Kier molecular flexibility index (Phi) is 8.41. The summed E-state index contributed by atoms with van der Waals surface area (Å²) in [5.74, 6) is 0.790. The van der Waals surface area contributed by atoms with E-state index in [2.05, 4.69) is 26.2 Å². The molecule has 5 aromatic rings. The molecule has 3 heterocycles. The van der Waals surface area contributed by atoms with Gasteiger partial charge in [0.05, 0.1) is 5.69 Å². The molecule has 5 rings (SSSR count).